The van der Waals surface area contributed by atoms with E-state index in [1.807, 2.05) is 24.5 Å². The predicted octanol–water partition coefficient (Wildman–Crippen LogP) is 3.80. The summed E-state index contributed by atoms with van der Waals surface area (Å²) in [5, 5.41) is 3.40. The number of ether oxygens (including phenoxy) is 1. The average Bonchev–Trinajstić information content (AvgIpc) is 2.52. The number of benzene rings is 1. The molecule has 116 valence electrons. The number of thioether (sulfide) groups is 1. The van der Waals surface area contributed by atoms with Gasteiger partial charge in [-0.1, -0.05) is 37.5 Å². The van der Waals surface area contributed by atoms with Crippen LogP contribution in [-0.4, -0.2) is 30.5 Å². The quantitative estimate of drug-likeness (QED) is 0.454. The van der Waals surface area contributed by atoms with Gasteiger partial charge in [0.2, 0.25) is 0 Å². The first-order chi connectivity index (χ1) is 10.2. The Labute approximate surface area is 137 Å². The highest BCUT2D eigenvalue weighted by atomic mass is 32.2. The number of anilines is 1. The maximum atomic E-state index is 5.93. The van der Waals surface area contributed by atoms with E-state index in [1.165, 1.54) is 32.1 Å². The van der Waals surface area contributed by atoms with Crippen molar-refractivity contribution in [3.8, 4) is 0 Å². The summed E-state index contributed by atoms with van der Waals surface area (Å²) in [6.07, 6.45) is 8.87. The van der Waals surface area contributed by atoms with E-state index in [0.717, 1.165) is 29.3 Å². The molecule has 2 rings (SSSR count). The summed E-state index contributed by atoms with van der Waals surface area (Å²) in [5.41, 5.74) is 7.80. The van der Waals surface area contributed by atoms with Gasteiger partial charge in [0, 0.05) is 22.7 Å². The Kier molecular flexibility index (Phi) is 6.80. The zero-order valence-corrected chi connectivity index (χ0v) is 14.2. The normalized spacial score (nSPS) is 15.9. The summed E-state index contributed by atoms with van der Waals surface area (Å²) in [6, 6.07) is 6.09. The number of nitrogens with one attached hydrogen (secondary N) is 1. The van der Waals surface area contributed by atoms with Crippen LogP contribution in [-0.2, 0) is 4.74 Å². The molecule has 0 radical (unpaired) electrons. The van der Waals surface area contributed by atoms with Crippen molar-refractivity contribution in [2.75, 3.05) is 24.7 Å². The van der Waals surface area contributed by atoms with E-state index in [-0.39, 0.29) is 0 Å². The second kappa shape index (κ2) is 8.61. The van der Waals surface area contributed by atoms with Gasteiger partial charge in [-0.3, -0.25) is 0 Å². The molecule has 3 nitrogen and oxygen atoms in total. The SMILES string of the molecule is CSc1cccc(NCCOC2CCCCC2)c1C(N)=S. The molecule has 0 heterocycles. The van der Waals surface area contributed by atoms with Gasteiger partial charge in [-0.05, 0) is 31.2 Å². The average molecular weight is 325 g/mol. The largest absolute Gasteiger partial charge is 0.389 e. The molecule has 0 saturated heterocycles. The van der Waals surface area contributed by atoms with Crippen molar-refractivity contribution < 1.29 is 4.74 Å². The van der Waals surface area contributed by atoms with Gasteiger partial charge in [0.15, 0.2) is 0 Å². The van der Waals surface area contributed by atoms with Crippen LogP contribution in [0.5, 0.6) is 0 Å². The van der Waals surface area contributed by atoms with E-state index in [9.17, 15) is 0 Å². The van der Waals surface area contributed by atoms with Crippen LogP contribution in [0.2, 0.25) is 0 Å². The Morgan fingerprint density at radius 1 is 1.38 bits per heavy atom. The molecule has 0 aliphatic heterocycles. The predicted molar refractivity (Wildman–Crippen MR) is 95.4 cm³/mol. The zero-order chi connectivity index (χ0) is 15.1. The first-order valence-electron chi connectivity index (χ1n) is 7.54. The second-order valence-electron chi connectivity index (χ2n) is 5.30. The number of hydrogen-bond acceptors (Lipinski definition) is 4. The summed E-state index contributed by atoms with van der Waals surface area (Å²) in [4.78, 5) is 1.55. The first kappa shape index (κ1) is 16.6. The summed E-state index contributed by atoms with van der Waals surface area (Å²) < 4.78 is 5.93. The van der Waals surface area contributed by atoms with Gasteiger partial charge in [-0.2, -0.15) is 0 Å². The lowest BCUT2D eigenvalue weighted by molar-refractivity contribution is 0.0347. The van der Waals surface area contributed by atoms with Crippen molar-refractivity contribution in [3.63, 3.8) is 0 Å². The van der Waals surface area contributed by atoms with Gasteiger partial charge in [0.05, 0.1) is 12.7 Å². The van der Waals surface area contributed by atoms with Crippen molar-refractivity contribution in [2.45, 2.75) is 43.1 Å². The van der Waals surface area contributed by atoms with Crippen molar-refractivity contribution in [2.24, 2.45) is 5.73 Å². The molecular weight excluding hydrogens is 300 g/mol. The van der Waals surface area contributed by atoms with E-state index < -0.39 is 0 Å². The van der Waals surface area contributed by atoms with Crippen LogP contribution in [0.15, 0.2) is 23.1 Å². The van der Waals surface area contributed by atoms with Crippen LogP contribution in [0.25, 0.3) is 0 Å². The fourth-order valence-corrected chi connectivity index (χ4v) is 3.67. The molecule has 0 bridgehead atoms. The highest BCUT2D eigenvalue weighted by Gasteiger charge is 2.14. The molecule has 0 unspecified atom stereocenters. The monoisotopic (exact) mass is 324 g/mol. The topological polar surface area (TPSA) is 47.3 Å². The van der Waals surface area contributed by atoms with Crippen LogP contribution in [0.3, 0.4) is 0 Å². The van der Waals surface area contributed by atoms with E-state index >= 15 is 0 Å². The van der Waals surface area contributed by atoms with Crippen molar-refractivity contribution >= 4 is 34.7 Å². The molecule has 1 saturated carbocycles. The maximum Gasteiger partial charge on any atom is 0.107 e. The lowest BCUT2D eigenvalue weighted by atomic mass is 9.98. The second-order valence-corrected chi connectivity index (χ2v) is 6.59. The Balaban J connectivity index is 1.86. The van der Waals surface area contributed by atoms with Gasteiger partial charge < -0.3 is 15.8 Å². The number of nitrogens with two attached hydrogens (primary N) is 1. The maximum absolute atomic E-state index is 5.93. The van der Waals surface area contributed by atoms with E-state index in [1.54, 1.807) is 11.8 Å². The highest BCUT2D eigenvalue weighted by molar-refractivity contribution is 7.98. The Morgan fingerprint density at radius 3 is 2.81 bits per heavy atom. The van der Waals surface area contributed by atoms with Gasteiger partial charge >= 0.3 is 0 Å². The molecule has 21 heavy (non-hydrogen) atoms. The molecular formula is C16H24N2OS2. The fraction of sp³-hybridized carbons (Fsp3) is 0.562. The molecule has 3 N–H and O–H groups in total. The van der Waals surface area contributed by atoms with Crippen molar-refractivity contribution in [1.82, 2.24) is 0 Å². The number of rotatable bonds is 7. The van der Waals surface area contributed by atoms with Crippen LogP contribution in [0.4, 0.5) is 5.69 Å². The summed E-state index contributed by atoms with van der Waals surface area (Å²) in [6.45, 7) is 1.51. The van der Waals surface area contributed by atoms with Gasteiger partial charge in [0.1, 0.15) is 4.99 Å². The molecule has 1 aliphatic rings. The minimum atomic E-state index is 0.440. The zero-order valence-electron chi connectivity index (χ0n) is 12.6. The molecule has 0 aromatic heterocycles. The summed E-state index contributed by atoms with van der Waals surface area (Å²) >= 11 is 6.84. The third-order valence-corrected chi connectivity index (χ3v) is 4.80. The molecule has 1 aromatic rings. The van der Waals surface area contributed by atoms with E-state index in [0.29, 0.717) is 11.1 Å². The molecule has 0 spiro atoms. The Bertz CT molecular complexity index is 473. The summed E-state index contributed by atoms with van der Waals surface area (Å²) in [7, 11) is 0. The van der Waals surface area contributed by atoms with Gasteiger partial charge in [-0.25, -0.2) is 0 Å². The lowest BCUT2D eigenvalue weighted by Crippen LogP contribution is -2.21. The van der Waals surface area contributed by atoms with Crippen molar-refractivity contribution in [3.05, 3.63) is 23.8 Å². The minimum Gasteiger partial charge on any atom is -0.389 e. The van der Waals surface area contributed by atoms with Gasteiger partial charge in [0.25, 0.3) is 0 Å². The minimum absolute atomic E-state index is 0.440. The number of thiocarbonyl (C=S) groups is 1. The molecule has 1 aliphatic carbocycles. The van der Waals surface area contributed by atoms with Crippen LogP contribution < -0.4 is 11.1 Å². The van der Waals surface area contributed by atoms with Crippen LogP contribution in [0, 0.1) is 0 Å². The Hall–Kier alpha value is -0.780. The third-order valence-electron chi connectivity index (χ3n) is 3.82. The molecule has 0 amide bonds. The van der Waals surface area contributed by atoms with Crippen molar-refractivity contribution in [1.29, 1.82) is 0 Å². The smallest absolute Gasteiger partial charge is 0.107 e. The molecule has 0 atom stereocenters. The van der Waals surface area contributed by atoms with E-state index in [4.69, 9.17) is 22.7 Å². The first-order valence-corrected chi connectivity index (χ1v) is 9.18. The molecule has 5 heteroatoms. The third kappa shape index (κ3) is 4.87. The fourth-order valence-electron chi connectivity index (χ4n) is 2.75. The highest BCUT2D eigenvalue weighted by Crippen LogP contribution is 2.27. The lowest BCUT2D eigenvalue weighted by Gasteiger charge is -2.22. The van der Waals surface area contributed by atoms with E-state index in [2.05, 4.69) is 5.32 Å². The molecule has 1 fully saturated rings. The van der Waals surface area contributed by atoms with Gasteiger partial charge in [-0.15, -0.1) is 11.8 Å². The van der Waals surface area contributed by atoms with Crippen LogP contribution in [0.1, 0.15) is 37.7 Å². The number of hydrogen-bond donors (Lipinski definition) is 2. The summed E-state index contributed by atoms with van der Waals surface area (Å²) in [5.74, 6) is 0. The Morgan fingerprint density at radius 2 is 2.14 bits per heavy atom. The standard InChI is InChI=1S/C16H24N2OS2/c1-21-14-9-5-8-13(15(14)16(17)20)18-10-11-19-12-6-3-2-4-7-12/h5,8-9,12,18H,2-4,6-7,10-11H2,1H3,(H2,17,20). The molecule has 1 aromatic carbocycles. The van der Waals surface area contributed by atoms with Crippen LogP contribution >= 0.6 is 24.0 Å².